The number of rotatable bonds is 5. The molecule has 4 rings (SSSR count). The van der Waals surface area contributed by atoms with Gasteiger partial charge in [0.15, 0.2) is 5.65 Å². The van der Waals surface area contributed by atoms with Gasteiger partial charge in [-0.1, -0.05) is 12.1 Å². The Hall–Kier alpha value is -3.87. The van der Waals surface area contributed by atoms with Crippen LogP contribution < -0.4 is 10.6 Å². The Bertz CT molecular complexity index is 1180. The van der Waals surface area contributed by atoms with Crippen LogP contribution in [0.4, 0.5) is 11.5 Å². The SMILES string of the molecule is Cc1cncc(C(=O)Nc2cccc(C(C)Nc3cnc4cccnc4n3)c2)c1. The van der Waals surface area contributed by atoms with Gasteiger partial charge in [-0.15, -0.1) is 0 Å². The fourth-order valence-corrected chi connectivity index (χ4v) is 2.99. The zero-order valence-corrected chi connectivity index (χ0v) is 16.1. The number of aromatic nitrogens is 4. The quantitative estimate of drug-likeness (QED) is 0.537. The van der Waals surface area contributed by atoms with E-state index < -0.39 is 0 Å². The molecule has 0 aliphatic heterocycles. The summed E-state index contributed by atoms with van der Waals surface area (Å²) in [7, 11) is 0. The number of nitrogens with zero attached hydrogens (tertiary/aromatic N) is 4. The monoisotopic (exact) mass is 384 g/mol. The summed E-state index contributed by atoms with van der Waals surface area (Å²) in [5.41, 5.74) is 4.54. The highest BCUT2D eigenvalue weighted by molar-refractivity contribution is 6.04. The number of amides is 1. The molecule has 0 bridgehead atoms. The van der Waals surface area contributed by atoms with E-state index in [1.807, 2.05) is 56.3 Å². The molecular formula is C22H20N6O. The van der Waals surface area contributed by atoms with Gasteiger partial charge < -0.3 is 10.6 Å². The second-order valence-electron chi connectivity index (χ2n) is 6.80. The average Bonchev–Trinajstić information content (AvgIpc) is 2.74. The molecule has 0 fully saturated rings. The van der Waals surface area contributed by atoms with E-state index in [0.717, 1.165) is 16.6 Å². The van der Waals surface area contributed by atoms with E-state index in [2.05, 4.69) is 30.6 Å². The molecule has 1 amide bonds. The second kappa shape index (κ2) is 8.02. The van der Waals surface area contributed by atoms with Crippen molar-refractivity contribution in [2.24, 2.45) is 0 Å². The van der Waals surface area contributed by atoms with Gasteiger partial charge in [0.05, 0.1) is 17.8 Å². The molecule has 3 aromatic heterocycles. The number of hydrogen-bond donors (Lipinski definition) is 2. The first kappa shape index (κ1) is 18.5. The Labute approximate surface area is 168 Å². The third-order valence-corrected chi connectivity index (χ3v) is 4.46. The van der Waals surface area contributed by atoms with Crippen molar-refractivity contribution < 1.29 is 4.79 Å². The summed E-state index contributed by atoms with van der Waals surface area (Å²) < 4.78 is 0. The number of hydrogen-bond acceptors (Lipinski definition) is 6. The predicted molar refractivity (Wildman–Crippen MR) is 113 cm³/mol. The number of aryl methyl sites for hydroxylation is 1. The molecule has 4 aromatic rings. The molecule has 0 spiro atoms. The van der Waals surface area contributed by atoms with Gasteiger partial charge in [-0.3, -0.25) is 9.78 Å². The van der Waals surface area contributed by atoms with E-state index in [-0.39, 0.29) is 11.9 Å². The van der Waals surface area contributed by atoms with Crippen molar-refractivity contribution in [2.75, 3.05) is 10.6 Å². The van der Waals surface area contributed by atoms with Crippen LogP contribution in [-0.4, -0.2) is 25.8 Å². The highest BCUT2D eigenvalue weighted by Gasteiger charge is 2.11. The zero-order chi connectivity index (χ0) is 20.2. The molecular weight excluding hydrogens is 364 g/mol. The molecule has 7 heteroatoms. The number of carbonyl (C=O) groups excluding carboxylic acids is 1. The molecule has 0 radical (unpaired) electrons. The van der Waals surface area contributed by atoms with Crippen molar-refractivity contribution in [3.63, 3.8) is 0 Å². The van der Waals surface area contributed by atoms with Crippen LogP contribution in [0.1, 0.15) is 34.5 Å². The van der Waals surface area contributed by atoms with Gasteiger partial charge in [0, 0.05) is 24.3 Å². The van der Waals surface area contributed by atoms with Crippen molar-refractivity contribution in [1.82, 2.24) is 19.9 Å². The lowest BCUT2D eigenvalue weighted by Gasteiger charge is -2.16. The molecule has 7 nitrogen and oxygen atoms in total. The molecule has 1 aromatic carbocycles. The summed E-state index contributed by atoms with van der Waals surface area (Å²) in [5.74, 6) is 0.453. The first-order chi connectivity index (χ1) is 14.1. The second-order valence-corrected chi connectivity index (χ2v) is 6.80. The predicted octanol–water partition coefficient (Wildman–Crippen LogP) is 4.15. The fourth-order valence-electron chi connectivity index (χ4n) is 2.99. The van der Waals surface area contributed by atoms with Crippen molar-refractivity contribution in [1.29, 1.82) is 0 Å². The number of benzene rings is 1. The van der Waals surface area contributed by atoms with E-state index in [9.17, 15) is 4.79 Å². The van der Waals surface area contributed by atoms with Crippen LogP contribution in [0, 0.1) is 6.92 Å². The maximum absolute atomic E-state index is 12.5. The van der Waals surface area contributed by atoms with Crippen LogP contribution in [0.25, 0.3) is 11.2 Å². The standard InChI is InChI=1S/C22H20N6O/c1-14-9-17(12-23-11-14)22(29)27-18-6-3-5-16(10-18)15(2)26-20-13-25-19-7-4-8-24-21(19)28-20/h3-13,15H,1-2H3,(H,27,29)(H,24,26,28). The molecule has 0 aliphatic rings. The Morgan fingerprint density at radius 1 is 1.03 bits per heavy atom. The van der Waals surface area contributed by atoms with Gasteiger partial charge >= 0.3 is 0 Å². The number of carbonyl (C=O) groups is 1. The largest absolute Gasteiger partial charge is 0.362 e. The summed E-state index contributed by atoms with van der Waals surface area (Å²) in [6, 6.07) is 13.2. The summed E-state index contributed by atoms with van der Waals surface area (Å²) >= 11 is 0. The molecule has 1 unspecified atom stereocenters. The Kier molecular flexibility index (Phi) is 5.11. The molecule has 0 saturated carbocycles. The highest BCUT2D eigenvalue weighted by atomic mass is 16.1. The van der Waals surface area contributed by atoms with Crippen molar-refractivity contribution in [3.8, 4) is 0 Å². The number of pyridine rings is 2. The minimum atomic E-state index is -0.189. The van der Waals surface area contributed by atoms with E-state index in [4.69, 9.17) is 0 Å². The van der Waals surface area contributed by atoms with Crippen LogP contribution in [0.2, 0.25) is 0 Å². The Balaban J connectivity index is 1.49. The van der Waals surface area contributed by atoms with E-state index in [1.54, 1.807) is 24.8 Å². The highest BCUT2D eigenvalue weighted by Crippen LogP contribution is 2.22. The average molecular weight is 384 g/mol. The smallest absolute Gasteiger partial charge is 0.257 e. The lowest BCUT2D eigenvalue weighted by atomic mass is 10.1. The van der Waals surface area contributed by atoms with Crippen LogP contribution in [0.3, 0.4) is 0 Å². The Morgan fingerprint density at radius 3 is 2.79 bits per heavy atom. The van der Waals surface area contributed by atoms with E-state index in [0.29, 0.717) is 22.7 Å². The van der Waals surface area contributed by atoms with Crippen LogP contribution >= 0.6 is 0 Å². The van der Waals surface area contributed by atoms with Gasteiger partial charge in [0.25, 0.3) is 5.91 Å². The summed E-state index contributed by atoms with van der Waals surface area (Å²) in [6.07, 6.45) is 6.66. The zero-order valence-electron chi connectivity index (χ0n) is 16.1. The van der Waals surface area contributed by atoms with Crippen LogP contribution in [-0.2, 0) is 0 Å². The van der Waals surface area contributed by atoms with Crippen molar-refractivity contribution >= 4 is 28.6 Å². The minimum Gasteiger partial charge on any atom is -0.362 e. The van der Waals surface area contributed by atoms with Crippen molar-refractivity contribution in [3.05, 3.63) is 83.9 Å². The third-order valence-electron chi connectivity index (χ3n) is 4.46. The van der Waals surface area contributed by atoms with Crippen molar-refractivity contribution in [2.45, 2.75) is 19.9 Å². The van der Waals surface area contributed by atoms with Crippen LogP contribution in [0.5, 0.6) is 0 Å². The first-order valence-electron chi connectivity index (χ1n) is 9.26. The molecule has 144 valence electrons. The van der Waals surface area contributed by atoms with Gasteiger partial charge in [-0.25, -0.2) is 15.0 Å². The van der Waals surface area contributed by atoms with Gasteiger partial charge in [0.2, 0.25) is 0 Å². The molecule has 0 saturated heterocycles. The number of fused-ring (bicyclic) bond motifs is 1. The molecule has 3 heterocycles. The third kappa shape index (κ3) is 4.35. The molecule has 2 N–H and O–H groups in total. The molecule has 0 aliphatic carbocycles. The Morgan fingerprint density at radius 2 is 1.93 bits per heavy atom. The van der Waals surface area contributed by atoms with Gasteiger partial charge in [-0.2, -0.15) is 0 Å². The fraction of sp³-hybridized carbons (Fsp3) is 0.136. The van der Waals surface area contributed by atoms with E-state index >= 15 is 0 Å². The minimum absolute atomic E-state index is 0.0389. The number of nitrogens with one attached hydrogen (secondary N) is 2. The maximum Gasteiger partial charge on any atom is 0.257 e. The molecule has 29 heavy (non-hydrogen) atoms. The summed E-state index contributed by atoms with van der Waals surface area (Å²) in [5, 5.41) is 6.26. The van der Waals surface area contributed by atoms with E-state index in [1.165, 1.54) is 0 Å². The lowest BCUT2D eigenvalue weighted by molar-refractivity contribution is 0.102. The number of anilines is 2. The maximum atomic E-state index is 12.5. The van der Waals surface area contributed by atoms with Gasteiger partial charge in [-0.05, 0) is 55.3 Å². The lowest BCUT2D eigenvalue weighted by Crippen LogP contribution is -2.13. The summed E-state index contributed by atoms with van der Waals surface area (Å²) in [4.78, 5) is 29.7. The first-order valence-corrected chi connectivity index (χ1v) is 9.26. The summed E-state index contributed by atoms with van der Waals surface area (Å²) in [6.45, 7) is 3.93. The van der Waals surface area contributed by atoms with Gasteiger partial charge in [0.1, 0.15) is 11.3 Å². The van der Waals surface area contributed by atoms with Crippen LogP contribution in [0.15, 0.2) is 67.3 Å². The topological polar surface area (TPSA) is 92.7 Å². The normalized spacial score (nSPS) is 11.8. The molecule has 1 atom stereocenters.